The van der Waals surface area contributed by atoms with Crippen molar-refractivity contribution in [3.8, 4) is 11.1 Å². The smallest absolute Gasteiger partial charge is 0.256 e. The van der Waals surface area contributed by atoms with E-state index < -0.39 is 6.04 Å². The van der Waals surface area contributed by atoms with Crippen LogP contribution in [0.3, 0.4) is 0 Å². The summed E-state index contributed by atoms with van der Waals surface area (Å²) in [6, 6.07) is 7.24. The fourth-order valence-electron chi connectivity index (χ4n) is 2.99. The Hall–Kier alpha value is -2.18. The molecule has 2 aliphatic heterocycles. The number of nitrogens with one attached hydrogen (secondary N) is 2. The molecule has 1 aromatic carbocycles. The molecule has 4 rings (SSSR count). The first-order valence-corrected chi connectivity index (χ1v) is 8.17. The summed E-state index contributed by atoms with van der Waals surface area (Å²) in [5, 5.41) is 10.1. The molecule has 1 unspecified atom stereocenters. The fourth-order valence-corrected chi connectivity index (χ4v) is 3.66. The predicted molar refractivity (Wildman–Crippen MR) is 86.1 cm³/mol. The third-order valence-corrected chi connectivity index (χ3v) is 4.85. The largest absolute Gasteiger partial charge is 0.324 e. The first-order valence-electron chi connectivity index (χ1n) is 7.23. The summed E-state index contributed by atoms with van der Waals surface area (Å²) in [7, 11) is 0. The number of piperazine rings is 1. The molecular formula is C16H15N3O2S. The normalized spacial score (nSPS) is 20.9. The van der Waals surface area contributed by atoms with Crippen LogP contribution < -0.4 is 10.6 Å². The molecule has 2 aliphatic rings. The van der Waals surface area contributed by atoms with E-state index in [1.165, 1.54) is 0 Å². The number of thiophene rings is 1. The molecule has 0 bridgehead atoms. The van der Waals surface area contributed by atoms with Gasteiger partial charge >= 0.3 is 0 Å². The Morgan fingerprint density at radius 1 is 1.18 bits per heavy atom. The molecule has 2 N–H and O–H groups in total. The highest BCUT2D eigenvalue weighted by molar-refractivity contribution is 7.08. The van der Waals surface area contributed by atoms with Gasteiger partial charge in [0.25, 0.3) is 5.91 Å². The topological polar surface area (TPSA) is 61.4 Å². The van der Waals surface area contributed by atoms with Gasteiger partial charge in [-0.1, -0.05) is 6.07 Å². The number of nitrogens with zero attached hydrogens (tertiary/aromatic N) is 1. The molecule has 5 nitrogen and oxygen atoms in total. The van der Waals surface area contributed by atoms with Gasteiger partial charge in [-0.15, -0.1) is 0 Å². The first kappa shape index (κ1) is 13.5. The lowest BCUT2D eigenvalue weighted by atomic mass is 10.0. The van der Waals surface area contributed by atoms with E-state index in [2.05, 4.69) is 16.0 Å². The van der Waals surface area contributed by atoms with Crippen LogP contribution in [0, 0.1) is 0 Å². The maximum atomic E-state index is 12.8. The Morgan fingerprint density at radius 3 is 2.91 bits per heavy atom. The van der Waals surface area contributed by atoms with E-state index in [0.29, 0.717) is 24.3 Å². The molecule has 0 spiro atoms. The number of benzene rings is 1. The van der Waals surface area contributed by atoms with Crippen LogP contribution in [0.25, 0.3) is 11.1 Å². The minimum atomic E-state index is -0.432. The number of hydrogen-bond acceptors (Lipinski definition) is 4. The van der Waals surface area contributed by atoms with Crippen molar-refractivity contribution < 1.29 is 9.59 Å². The molecule has 0 aliphatic carbocycles. The fraction of sp³-hybridized carbons (Fsp3) is 0.250. The first-order chi connectivity index (χ1) is 10.7. The van der Waals surface area contributed by atoms with E-state index in [4.69, 9.17) is 0 Å². The van der Waals surface area contributed by atoms with Gasteiger partial charge in [0.15, 0.2) is 0 Å². The average Bonchev–Trinajstić information content (AvgIpc) is 3.06. The second-order valence-corrected chi connectivity index (χ2v) is 6.26. The standard InChI is InChI=1S/C16H15N3O2S/c20-15-14-8-17-4-5-19(14)16(21)12-7-10(1-2-13(12)18-15)11-3-6-22-9-11/h1-3,6-7,9,14,17H,4-5,8H2,(H,18,20). The zero-order chi connectivity index (χ0) is 15.1. The summed E-state index contributed by atoms with van der Waals surface area (Å²) in [4.78, 5) is 26.8. The summed E-state index contributed by atoms with van der Waals surface area (Å²) < 4.78 is 0. The maximum Gasteiger partial charge on any atom is 0.256 e. The number of anilines is 1. The van der Waals surface area contributed by atoms with Gasteiger partial charge in [-0.05, 0) is 40.1 Å². The highest BCUT2D eigenvalue weighted by Crippen LogP contribution is 2.30. The molecule has 1 aromatic heterocycles. The van der Waals surface area contributed by atoms with Crippen LogP contribution in [0.15, 0.2) is 35.0 Å². The zero-order valence-electron chi connectivity index (χ0n) is 11.8. The third-order valence-electron chi connectivity index (χ3n) is 4.17. The summed E-state index contributed by atoms with van der Waals surface area (Å²) in [6.45, 7) is 1.77. The van der Waals surface area contributed by atoms with Crippen molar-refractivity contribution in [2.24, 2.45) is 0 Å². The van der Waals surface area contributed by atoms with E-state index in [1.54, 1.807) is 16.2 Å². The lowest BCUT2D eigenvalue weighted by Crippen LogP contribution is -2.57. The van der Waals surface area contributed by atoms with Crippen LogP contribution in [0.1, 0.15) is 10.4 Å². The molecule has 22 heavy (non-hydrogen) atoms. The minimum absolute atomic E-state index is 0.0723. The van der Waals surface area contributed by atoms with Gasteiger partial charge in [0, 0.05) is 19.6 Å². The summed E-state index contributed by atoms with van der Waals surface area (Å²) in [6.07, 6.45) is 0. The van der Waals surface area contributed by atoms with E-state index >= 15 is 0 Å². The molecule has 2 aromatic rings. The highest BCUT2D eigenvalue weighted by atomic mass is 32.1. The van der Waals surface area contributed by atoms with Gasteiger partial charge in [-0.25, -0.2) is 0 Å². The predicted octanol–water partition coefficient (Wildman–Crippen LogP) is 1.78. The van der Waals surface area contributed by atoms with Crippen molar-refractivity contribution in [2.75, 3.05) is 25.0 Å². The van der Waals surface area contributed by atoms with E-state index in [-0.39, 0.29) is 11.8 Å². The third kappa shape index (κ3) is 2.12. The van der Waals surface area contributed by atoms with Gasteiger partial charge in [0.1, 0.15) is 6.04 Å². The van der Waals surface area contributed by atoms with Crippen LogP contribution in [-0.4, -0.2) is 42.4 Å². The molecule has 1 saturated heterocycles. The maximum absolute atomic E-state index is 12.8. The molecule has 3 heterocycles. The SMILES string of the molecule is O=C1Nc2ccc(-c3ccsc3)cc2C(=O)N2CCNCC12. The van der Waals surface area contributed by atoms with Crippen molar-refractivity contribution in [1.29, 1.82) is 0 Å². The van der Waals surface area contributed by atoms with Gasteiger partial charge in [0.05, 0.1) is 11.3 Å². The lowest BCUT2D eigenvalue weighted by molar-refractivity contribution is -0.120. The Kier molecular flexibility index (Phi) is 3.20. The number of fused-ring (bicyclic) bond motifs is 2. The Balaban J connectivity index is 1.80. The van der Waals surface area contributed by atoms with Crippen LogP contribution in [0.2, 0.25) is 0 Å². The molecule has 0 saturated carbocycles. The van der Waals surface area contributed by atoms with Gasteiger partial charge < -0.3 is 15.5 Å². The number of amides is 2. The molecule has 1 atom stereocenters. The van der Waals surface area contributed by atoms with Crippen molar-refractivity contribution in [3.63, 3.8) is 0 Å². The lowest BCUT2D eigenvalue weighted by Gasteiger charge is -2.33. The van der Waals surface area contributed by atoms with Crippen molar-refractivity contribution in [1.82, 2.24) is 10.2 Å². The van der Waals surface area contributed by atoms with E-state index in [0.717, 1.165) is 17.7 Å². The minimum Gasteiger partial charge on any atom is -0.324 e. The molecular weight excluding hydrogens is 298 g/mol. The number of carbonyl (C=O) groups is 2. The van der Waals surface area contributed by atoms with Crippen LogP contribution in [0.4, 0.5) is 5.69 Å². The highest BCUT2D eigenvalue weighted by Gasteiger charge is 2.36. The average molecular weight is 313 g/mol. The number of carbonyl (C=O) groups excluding carboxylic acids is 2. The van der Waals surface area contributed by atoms with Crippen molar-refractivity contribution >= 4 is 28.8 Å². The molecule has 6 heteroatoms. The second kappa shape index (κ2) is 5.23. The molecule has 2 amide bonds. The van der Waals surface area contributed by atoms with Gasteiger partial charge in [0.2, 0.25) is 5.91 Å². The number of rotatable bonds is 1. The summed E-state index contributed by atoms with van der Waals surface area (Å²) in [5.74, 6) is -0.195. The van der Waals surface area contributed by atoms with E-state index in [9.17, 15) is 9.59 Å². The molecule has 0 radical (unpaired) electrons. The number of hydrogen-bond donors (Lipinski definition) is 2. The van der Waals surface area contributed by atoms with Crippen LogP contribution in [0.5, 0.6) is 0 Å². The Bertz CT molecular complexity index is 742. The quantitative estimate of drug-likeness (QED) is 0.844. The van der Waals surface area contributed by atoms with Gasteiger partial charge in [-0.2, -0.15) is 11.3 Å². The van der Waals surface area contributed by atoms with Crippen molar-refractivity contribution in [3.05, 3.63) is 40.6 Å². The van der Waals surface area contributed by atoms with Crippen molar-refractivity contribution in [2.45, 2.75) is 6.04 Å². The molecule has 1 fully saturated rings. The second-order valence-electron chi connectivity index (χ2n) is 5.48. The van der Waals surface area contributed by atoms with E-state index in [1.807, 2.05) is 29.6 Å². The monoisotopic (exact) mass is 313 g/mol. The zero-order valence-corrected chi connectivity index (χ0v) is 12.7. The van der Waals surface area contributed by atoms with Crippen LogP contribution >= 0.6 is 11.3 Å². The Morgan fingerprint density at radius 2 is 2.09 bits per heavy atom. The summed E-state index contributed by atoms with van der Waals surface area (Å²) in [5.41, 5.74) is 3.26. The Labute approximate surface area is 131 Å². The van der Waals surface area contributed by atoms with Gasteiger partial charge in [-0.3, -0.25) is 9.59 Å². The summed E-state index contributed by atoms with van der Waals surface area (Å²) >= 11 is 1.62. The molecule has 112 valence electrons. The van der Waals surface area contributed by atoms with Crippen LogP contribution in [-0.2, 0) is 4.79 Å².